The second-order valence-electron chi connectivity index (χ2n) is 5.33. The maximum atomic E-state index is 4.65. The van der Waals surface area contributed by atoms with Crippen LogP contribution in [0.1, 0.15) is 38.2 Å². The van der Waals surface area contributed by atoms with Gasteiger partial charge in [0.05, 0.1) is 12.6 Å². The van der Waals surface area contributed by atoms with E-state index in [2.05, 4.69) is 70.9 Å². The minimum absolute atomic E-state index is 0. The lowest BCUT2D eigenvalue weighted by atomic mass is 10.1. The average molecular weight is 442 g/mol. The van der Waals surface area contributed by atoms with Gasteiger partial charge in [-0.25, -0.2) is 0 Å². The monoisotopic (exact) mass is 442 g/mol. The molecule has 132 valence electrons. The van der Waals surface area contributed by atoms with Crippen LogP contribution in [0, 0.1) is 0 Å². The van der Waals surface area contributed by atoms with Crippen molar-refractivity contribution < 1.29 is 0 Å². The molecule has 2 rings (SSSR count). The fourth-order valence-electron chi connectivity index (χ4n) is 2.36. The van der Waals surface area contributed by atoms with Crippen molar-refractivity contribution in [3.8, 4) is 0 Å². The molecule has 7 heteroatoms. The number of aromatic nitrogens is 3. The predicted octanol–water partition coefficient (Wildman–Crippen LogP) is 2.77. The topological polar surface area (TPSA) is 67.1 Å². The van der Waals surface area contributed by atoms with Crippen LogP contribution in [0.25, 0.3) is 0 Å². The average Bonchev–Trinajstić information content (AvgIpc) is 3.03. The highest BCUT2D eigenvalue weighted by atomic mass is 127. The number of nitrogens with one attached hydrogen (secondary N) is 2. The van der Waals surface area contributed by atoms with Crippen molar-refractivity contribution in [1.82, 2.24) is 25.4 Å². The molecule has 0 saturated heterocycles. The normalized spacial score (nSPS) is 12.4. The number of halogens is 1. The van der Waals surface area contributed by atoms with Gasteiger partial charge in [0.1, 0.15) is 12.2 Å². The summed E-state index contributed by atoms with van der Waals surface area (Å²) in [4.78, 5) is 4.65. The summed E-state index contributed by atoms with van der Waals surface area (Å²) < 4.78 is 2.05. The van der Waals surface area contributed by atoms with E-state index in [0.29, 0.717) is 6.54 Å². The highest BCUT2D eigenvalue weighted by molar-refractivity contribution is 14.0. The summed E-state index contributed by atoms with van der Waals surface area (Å²) in [5, 5.41) is 14.8. The lowest BCUT2D eigenvalue weighted by molar-refractivity contribution is 0.649. The predicted molar refractivity (Wildman–Crippen MR) is 109 cm³/mol. The van der Waals surface area contributed by atoms with Crippen LogP contribution in [0.5, 0.6) is 0 Å². The molecule has 0 saturated carbocycles. The van der Waals surface area contributed by atoms with Crippen molar-refractivity contribution in [3.63, 3.8) is 0 Å². The molecule has 1 aromatic heterocycles. The summed E-state index contributed by atoms with van der Waals surface area (Å²) in [5.74, 6) is 1.82. The molecule has 0 aliphatic carbocycles. The smallest absolute Gasteiger partial charge is 0.191 e. The Kier molecular flexibility index (Phi) is 9.36. The summed E-state index contributed by atoms with van der Waals surface area (Å²) in [6.07, 6.45) is 2.65. The van der Waals surface area contributed by atoms with Gasteiger partial charge in [-0.2, -0.15) is 0 Å². The maximum absolute atomic E-state index is 4.65. The fraction of sp³-hybridized carbons (Fsp3) is 0.471. The van der Waals surface area contributed by atoms with Gasteiger partial charge in [-0.05, 0) is 19.4 Å². The Labute approximate surface area is 161 Å². The molecule has 2 aromatic rings. The second-order valence-corrected chi connectivity index (χ2v) is 5.33. The number of benzene rings is 1. The van der Waals surface area contributed by atoms with E-state index in [-0.39, 0.29) is 30.0 Å². The van der Waals surface area contributed by atoms with E-state index in [1.807, 2.05) is 10.6 Å². The van der Waals surface area contributed by atoms with Crippen molar-refractivity contribution in [2.24, 2.45) is 4.99 Å². The zero-order chi connectivity index (χ0) is 16.5. The van der Waals surface area contributed by atoms with E-state index in [0.717, 1.165) is 31.3 Å². The van der Waals surface area contributed by atoms with Gasteiger partial charge in [-0.3, -0.25) is 4.99 Å². The molecule has 0 radical (unpaired) electrons. The Balaban J connectivity index is 0.00000288. The third-order valence-electron chi connectivity index (χ3n) is 3.62. The molecule has 24 heavy (non-hydrogen) atoms. The molecular formula is C17H27IN6. The fourth-order valence-corrected chi connectivity index (χ4v) is 2.36. The number of aryl methyl sites for hydroxylation is 1. The van der Waals surface area contributed by atoms with Gasteiger partial charge in [0.15, 0.2) is 5.96 Å². The first-order chi connectivity index (χ1) is 11.2. The zero-order valence-electron chi connectivity index (χ0n) is 14.6. The van der Waals surface area contributed by atoms with Crippen LogP contribution in [0.4, 0.5) is 0 Å². The minimum atomic E-state index is 0. The van der Waals surface area contributed by atoms with E-state index in [1.54, 1.807) is 6.33 Å². The first-order valence-corrected chi connectivity index (χ1v) is 8.21. The van der Waals surface area contributed by atoms with Crippen molar-refractivity contribution in [2.45, 2.75) is 39.8 Å². The standard InChI is InChI=1S/C17H26N6.HI/c1-4-16-22-20-13-23(16)12-11-19-17(18-5-2)21-14(3)15-9-7-6-8-10-15;/h6-10,13-14H,4-5,11-12H2,1-3H3,(H2,18,19,21);1H. The minimum Gasteiger partial charge on any atom is -0.357 e. The third kappa shape index (κ3) is 6.10. The molecule has 1 unspecified atom stereocenters. The molecule has 0 fully saturated rings. The van der Waals surface area contributed by atoms with Crippen LogP contribution >= 0.6 is 24.0 Å². The van der Waals surface area contributed by atoms with E-state index in [1.165, 1.54) is 5.56 Å². The van der Waals surface area contributed by atoms with Gasteiger partial charge in [-0.1, -0.05) is 37.3 Å². The Hall–Kier alpha value is -1.64. The van der Waals surface area contributed by atoms with Gasteiger partial charge in [0, 0.05) is 19.5 Å². The van der Waals surface area contributed by atoms with Crippen LogP contribution in [-0.4, -0.2) is 33.8 Å². The SMILES string of the molecule is CCNC(=NCCn1cnnc1CC)NC(C)c1ccccc1.I. The van der Waals surface area contributed by atoms with E-state index in [9.17, 15) is 0 Å². The van der Waals surface area contributed by atoms with Gasteiger partial charge < -0.3 is 15.2 Å². The second kappa shape index (κ2) is 11.0. The van der Waals surface area contributed by atoms with Crippen molar-refractivity contribution in [1.29, 1.82) is 0 Å². The first kappa shape index (κ1) is 20.4. The molecule has 6 nitrogen and oxygen atoms in total. The Morgan fingerprint density at radius 2 is 2.00 bits per heavy atom. The van der Waals surface area contributed by atoms with E-state index >= 15 is 0 Å². The lowest BCUT2D eigenvalue weighted by Gasteiger charge is -2.18. The Bertz CT molecular complexity index is 611. The highest BCUT2D eigenvalue weighted by Gasteiger charge is 2.07. The van der Waals surface area contributed by atoms with Crippen molar-refractivity contribution in [3.05, 3.63) is 48.0 Å². The summed E-state index contributed by atoms with van der Waals surface area (Å²) in [7, 11) is 0. The molecule has 0 spiro atoms. The van der Waals surface area contributed by atoms with Crippen LogP contribution in [0.3, 0.4) is 0 Å². The van der Waals surface area contributed by atoms with Gasteiger partial charge in [-0.15, -0.1) is 34.2 Å². The van der Waals surface area contributed by atoms with Crippen LogP contribution in [0.2, 0.25) is 0 Å². The molecule has 0 bridgehead atoms. The number of rotatable bonds is 7. The highest BCUT2D eigenvalue weighted by Crippen LogP contribution is 2.10. The molecular weight excluding hydrogens is 415 g/mol. The van der Waals surface area contributed by atoms with Gasteiger partial charge in [0.25, 0.3) is 0 Å². The molecule has 0 aliphatic heterocycles. The van der Waals surface area contributed by atoms with Crippen LogP contribution in [-0.2, 0) is 13.0 Å². The lowest BCUT2D eigenvalue weighted by Crippen LogP contribution is -2.39. The summed E-state index contributed by atoms with van der Waals surface area (Å²) >= 11 is 0. The largest absolute Gasteiger partial charge is 0.357 e. The molecule has 0 amide bonds. The van der Waals surface area contributed by atoms with Gasteiger partial charge >= 0.3 is 0 Å². The van der Waals surface area contributed by atoms with E-state index in [4.69, 9.17) is 0 Å². The number of hydrogen-bond donors (Lipinski definition) is 2. The zero-order valence-corrected chi connectivity index (χ0v) is 16.9. The van der Waals surface area contributed by atoms with Gasteiger partial charge in [0.2, 0.25) is 0 Å². The number of guanidine groups is 1. The summed E-state index contributed by atoms with van der Waals surface area (Å²) in [5.41, 5.74) is 1.24. The summed E-state index contributed by atoms with van der Waals surface area (Å²) in [6.45, 7) is 8.59. The van der Waals surface area contributed by atoms with Crippen molar-refractivity contribution >= 4 is 29.9 Å². The molecule has 2 N–H and O–H groups in total. The first-order valence-electron chi connectivity index (χ1n) is 8.21. The molecule has 1 atom stereocenters. The number of aliphatic imine (C=N–C) groups is 1. The number of hydrogen-bond acceptors (Lipinski definition) is 3. The third-order valence-corrected chi connectivity index (χ3v) is 3.62. The Morgan fingerprint density at radius 1 is 1.25 bits per heavy atom. The molecule has 1 aromatic carbocycles. The summed E-state index contributed by atoms with van der Waals surface area (Å²) in [6, 6.07) is 10.6. The maximum Gasteiger partial charge on any atom is 0.191 e. The Morgan fingerprint density at radius 3 is 2.67 bits per heavy atom. The number of nitrogens with zero attached hydrogens (tertiary/aromatic N) is 4. The molecule has 0 aliphatic rings. The van der Waals surface area contributed by atoms with Crippen molar-refractivity contribution in [2.75, 3.05) is 13.1 Å². The van der Waals surface area contributed by atoms with Crippen LogP contribution in [0.15, 0.2) is 41.7 Å². The van der Waals surface area contributed by atoms with E-state index < -0.39 is 0 Å². The molecule has 1 heterocycles. The quantitative estimate of drug-likeness (QED) is 0.393. The van der Waals surface area contributed by atoms with Crippen LogP contribution < -0.4 is 10.6 Å².